The van der Waals surface area contributed by atoms with Gasteiger partial charge in [0.25, 0.3) is 6.20 Å². The highest BCUT2D eigenvalue weighted by Gasteiger charge is 2.02. The molecule has 0 aliphatic rings. The van der Waals surface area contributed by atoms with Gasteiger partial charge in [0.1, 0.15) is 16.5 Å². The number of nitrogens with two attached hydrogens (primary N) is 1. The van der Waals surface area contributed by atoms with Crippen molar-refractivity contribution in [2.45, 2.75) is 12.3 Å². The van der Waals surface area contributed by atoms with Crippen LogP contribution in [0.15, 0.2) is 27.8 Å². The molecule has 0 unspecified atom stereocenters. The van der Waals surface area contributed by atoms with Gasteiger partial charge in [-0.05, 0) is 18.4 Å². The van der Waals surface area contributed by atoms with Gasteiger partial charge in [0.2, 0.25) is 0 Å². The lowest BCUT2D eigenvalue weighted by molar-refractivity contribution is -0.403. The SMILES string of the molecule is CS/C(=C\[N+](=O)[O-])NCCSCc1ccc(CN)o1. The molecule has 0 saturated carbocycles. The quantitative estimate of drug-likeness (QED) is 0.409. The fraction of sp³-hybridized carbons (Fsp3) is 0.455. The number of nitro groups is 1. The number of furan rings is 1. The van der Waals surface area contributed by atoms with Gasteiger partial charge in [-0.2, -0.15) is 11.8 Å². The molecule has 19 heavy (non-hydrogen) atoms. The summed E-state index contributed by atoms with van der Waals surface area (Å²) in [5.74, 6) is 3.30. The zero-order chi connectivity index (χ0) is 14.1. The van der Waals surface area contributed by atoms with Gasteiger partial charge >= 0.3 is 0 Å². The third-order valence-electron chi connectivity index (χ3n) is 2.15. The normalized spacial score (nSPS) is 11.6. The summed E-state index contributed by atoms with van der Waals surface area (Å²) in [6, 6.07) is 3.79. The van der Waals surface area contributed by atoms with Gasteiger partial charge in [-0.1, -0.05) is 0 Å². The van der Waals surface area contributed by atoms with Crippen molar-refractivity contribution in [2.75, 3.05) is 18.6 Å². The molecule has 0 atom stereocenters. The second-order valence-corrected chi connectivity index (χ2v) is 5.49. The number of rotatable bonds is 9. The molecule has 0 radical (unpaired) electrons. The minimum Gasteiger partial charge on any atom is -0.464 e. The number of hydrogen-bond acceptors (Lipinski definition) is 7. The number of thioether (sulfide) groups is 2. The lowest BCUT2D eigenvalue weighted by atomic mass is 10.4. The van der Waals surface area contributed by atoms with Crippen molar-refractivity contribution in [1.82, 2.24) is 5.32 Å². The fourth-order valence-electron chi connectivity index (χ4n) is 1.30. The van der Waals surface area contributed by atoms with Crippen molar-refractivity contribution in [2.24, 2.45) is 5.73 Å². The first-order chi connectivity index (χ1) is 9.15. The standard InChI is InChI=1S/C11H17N3O3S2/c1-18-11(7-14(15)16)13-4-5-19-8-10-3-2-9(6-12)17-10/h2-3,7,13H,4-6,8,12H2,1H3/b11-7-. The fourth-order valence-corrected chi connectivity index (χ4v) is 2.48. The second kappa shape index (κ2) is 8.89. The zero-order valence-electron chi connectivity index (χ0n) is 10.6. The van der Waals surface area contributed by atoms with Gasteiger partial charge in [-0.3, -0.25) is 10.1 Å². The maximum atomic E-state index is 10.3. The highest BCUT2D eigenvalue weighted by Crippen LogP contribution is 2.15. The summed E-state index contributed by atoms with van der Waals surface area (Å²) in [5, 5.41) is 13.9. The summed E-state index contributed by atoms with van der Waals surface area (Å²) in [5.41, 5.74) is 5.45. The van der Waals surface area contributed by atoms with Crippen LogP contribution in [0.2, 0.25) is 0 Å². The Morgan fingerprint density at radius 2 is 2.32 bits per heavy atom. The molecule has 0 fully saturated rings. The first-order valence-corrected chi connectivity index (χ1v) is 8.02. The number of nitrogens with one attached hydrogen (secondary N) is 1. The van der Waals surface area contributed by atoms with Crippen LogP contribution in [0.25, 0.3) is 0 Å². The first-order valence-electron chi connectivity index (χ1n) is 5.64. The van der Waals surface area contributed by atoms with Crippen LogP contribution in [0.1, 0.15) is 11.5 Å². The molecule has 0 saturated heterocycles. The highest BCUT2D eigenvalue weighted by atomic mass is 32.2. The average Bonchev–Trinajstić information content (AvgIpc) is 2.84. The summed E-state index contributed by atoms with van der Waals surface area (Å²) in [6.45, 7) is 1.09. The monoisotopic (exact) mass is 303 g/mol. The topological polar surface area (TPSA) is 94.3 Å². The lowest BCUT2D eigenvalue weighted by Gasteiger charge is -2.05. The summed E-state index contributed by atoms with van der Waals surface area (Å²) in [7, 11) is 0. The van der Waals surface area contributed by atoms with Crippen molar-refractivity contribution in [1.29, 1.82) is 0 Å². The molecule has 0 aliphatic heterocycles. The molecule has 0 aromatic carbocycles. The summed E-state index contributed by atoms with van der Waals surface area (Å²) < 4.78 is 5.46. The maximum Gasteiger partial charge on any atom is 0.263 e. The van der Waals surface area contributed by atoms with E-state index >= 15 is 0 Å². The highest BCUT2D eigenvalue weighted by molar-refractivity contribution is 8.02. The Balaban J connectivity index is 2.18. The molecule has 0 amide bonds. The smallest absolute Gasteiger partial charge is 0.263 e. The van der Waals surface area contributed by atoms with Crippen LogP contribution in [0, 0.1) is 10.1 Å². The van der Waals surface area contributed by atoms with Crippen LogP contribution >= 0.6 is 23.5 Å². The Kier molecular flexibility index (Phi) is 7.46. The Hall–Kier alpha value is -1.12. The van der Waals surface area contributed by atoms with E-state index in [1.165, 1.54) is 11.8 Å². The van der Waals surface area contributed by atoms with Crippen molar-refractivity contribution in [3.05, 3.63) is 45.0 Å². The first kappa shape index (κ1) is 15.9. The minimum atomic E-state index is -0.455. The lowest BCUT2D eigenvalue weighted by Crippen LogP contribution is -2.15. The van der Waals surface area contributed by atoms with Crippen molar-refractivity contribution >= 4 is 23.5 Å². The molecule has 0 spiro atoms. The van der Waals surface area contributed by atoms with Gasteiger partial charge in [0.15, 0.2) is 0 Å². The van der Waals surface area contributed by atoms with Gasteiger partial charge in [0, 0.05) is 12.3 Å². The van der Waals surface area contributed by atoms with E-state index in [1.54, 1.807) is 18.0 Å². The van der Waals surface area contributed by atoms with Crippen molar-refractivity contribution < 1.29 is 9.34 Å². The van der Waals surface area contributed by atoms with Crippen molar-refractivity contribution in [3.8, 4) is 0 Å². The third kappa shape index (κ3) is 6.55. The maximum absolute atomic E-state index is 10.3. The average molecular weight is 303 g/mol. The molecule has 6 nitrogen and oxygen atoms in total. The molecule has 106 valence electrons. The van der Waals surface area contributed by atoms with E-state index in [2.05, 4.69) is 5.32 Å². The molecular formula is C11H17N3O3S2. The van der Waals surface area contributed by atoms with E-state index in [0.717, 1.165) is 29.2 Å². The Labute approximate surface area is 120 Å². The minimum absolute atomic E-state index is 0.412. The Bertz CT molecular complexity index is 435. The second-order valence-electron chi connectivity index (χ2n) is 3.53. The largest absolute Gasteiger partial charge is 0.464 e. The van der Waals surface area contributed by atoms with E-state index in [-0.39, 0.29) is 0 Å². The predicted octanol–water partition coefficient (Wildman–Crippen LogP) is 2.00. The van der Waals surface area contributed by atoms with Crippen LogP contribution in [0.4, 0.5) is 0 Å². The van der Waals surface area contributed by atoms with Gasteiger partial charge in [0.05, 0.1) is 17.2 Å². The summed E-state index contributed by atoms with van der Waals surface area (Å²) in [4.78, 5) is 9.87. The number of nitrogens with zero attached hydrogens (tertiary/aromatic N) is 1. The molecule has 1 heterocycles. The summed E-state index contributed by atoms with van der Waals surface area (Å²) >= 11 is 3.02. The molecule has 1 aromatic heterocycles. The van der Waals surface area contributed by atoms with E-state index < -0.39 is 4.92 Å². The van der Waals surface area contributed by atoms with E-state index in [4.69, 9.17) is 10.2 Å². The molecular weight excluding hydrogens is 286 g/mol. The van der Waals surface area contributed by atoms with Gasteiger partial charge in [-0.15, -0.1) is 11.8 Å². The third-order valence-corrected chi connectivity index (χ3v) is 3.82. The van der Waals surface area contributed by atoms with Gasteiger partial charge in [-0.25, -0.2) is 0 Å². The summed E-state index contributed by atoms with van der Waals surface area (Å²) in [6.07, 6.45) is 2.78. The Morgan fingerprint density at radius 1 is 1.58 bits per heavy atom. The van der Waals surface area contributed by atoms with E-state index in [1.807, 2.05) is 12.1 Å². The van der Waals surface area contributed by atoms with Crippen molar-refractivity contribution in [3.63, 3.8) is 0 Å². The predicted molar refractivity (Wildman–Crippen MR) is 79.4 cm³/mol. The molecule has 1 aromatic rings. The van der Waals surface area contributed by atoms with Crippen LogP contribution in [0.5, 0.6) is 0 Å². The van der Waals surface area contributed by atoms with Crippen LogP contribution in [0.3, 0.4) is 0 Å². The van der Waals surface area contributed by atoms with Crippen LogP contribution in [-0.2, 0) is 12.3 Å². The zero-order valence-corrected chi connectivity index (χ0v) is 12.3. The number of hydrogen-bond donors (Lipinski definition) is 2. The van der Waals surface area contributed by atoms with E-state index in [0.29, 0.717) is 18.1 Å². The molecule has 0 bridgehead atoms. The molecule has 8 heteroatoms. The molecule has 1 rings (SSSR count). The molecule has 0 aliphatic carbocycles. The van der Waals surface area contributed by atoms with Crippen LogP contribution in [-0.4, -0.2) is 23.5 Å². The van der Waals surface area contributed by atoms with Gasteiger partial charge < -0.3 is 15.5 Å². The Morgan fingerprint density at radius 3 is 2.89 bits per heavy atom. The van der Waals surface area contributed by atoms with Crippen LogP contribution < -0.4 is 11.1 Å². The van der Waals surface area contributed by atoms with E-state index in [9.17, 15) is 10.1 Å². The molecule has 3 N–H and O–H groups in total.